The Morgan fingerprint density at radius 1 is 1.31 bits per heavy atom. The Bertz CT molecular complexity index is 826. The average Bonchev–Trinajstić information content (AvgIpc) is 2.89. The summed E-state index contributed by atoms with van der Waals surface area (Å²) in [6.45, 7) is 3.70. The number of hydrogen-bond acceptors (Lipinski definition) is 4. The number of halogens is 3. The smallest absolute Gasteiger partial charge is 0.408 e. The van der Waals surface area contributed by atoms with Crippen LogP contribution >= 0.6 is 0 Å². The van der Waals surface area contributed by atoms with E-state index in [0.29, 0.717) is 11.5 Å². The number of nitrogens with one attached hydrogen (secondary N) is 2. The molecule has 8 nitrogen and oxygen atoms in total. The van der Waals surface area contributed by atoms with Gasteiger partial charge < -0.3 is 15.4 Å². The molecule has 0 bridgehead atoms. The number of carbonyl (C=O) groups excluding carboxylic acids is 1. The largest absolute Gasteiger partial charge is 0.465 e. The van der Waals surface area contributed by atoms with Crippen molar-refractivity contribution >= 4 is 23.2 Å². The van der Waals surface area contributed by atoms with Crippen molar-refractivity contribution in [1.29, 1.82) is 0 Å². The normalized spacial score (nSPS) is 12.2. The summed E-state index contributed by atoms with van der Waals surface area (Å²) in [6.07, 6.45) is -4.52. The Hall–Kier alpha value is -2.85. The first-order valence-corrected chi connectivity index (χ1v) is 7.57. The highest BCUT2D eigenvalue weighted by molar-refractivity contribution is 5.96. The lowest BCUT2D eigenvalue weighted by Gasteiger charge is -2.32. The average molecular weight is 373 g/mol. The van der Waals surface area contributed by atoms with Crippen molar-refractivity contribution in [3.05, 3.63) is 23.7 Å². The molecule has 0 saturated carbocycles. The van der Waals surface area contributed by atoms with Crippen LogP contribution in [-0.2, 0) is 6.54 Å². The lowest BCUT2D eigenvalue weighted by molar-refractivity contribution is -0.123. The van der Waals surface area contributed by atoms with Gasteiger partial charge in [-0.3, -0.25) is 9.69 Å². The van der Waals surface area contributed by atoms with Crippen LogP contribution in [0, 0.1) is 0 Å². The van der Waals surface area contributed by atoms with Gasteiger partial charge in [-0.25, -0.2) is 14.8 Å². The van der Waals surface area contributed by atoms with Crippen molar-refractivity contribution in [3.63, 3.8) is 0 Å². The van der Waals surface area contributed by atoms with Gasteiger partial charge in [-0.1, -0.05) is 0 Å². The number of alkyl halides is 3. The number of amides is 2. The molecule has 11 heteroatoms. The van der Waals surface area contributed by atoms with E-state index in [1.165, 1.54) is 11.0 Å². The minimum Gasteiger partial charge on any atom is -0.465 e. The molecule has 2 aromatic rings. The molecule has 0 aromatic carbocycles. The van der Waals surface area contributed by atoms with Crippen LogP contribution in [0.15, 0.2) is 12.3 Å². The van der Waals surface area contributed by atoms with Crippen molar-refractivity contribution in [3.8, 4) is 0 Å². The first-order valence-electron chi connectivity index (χ1n) is 7.57. The number of hydrogen-bond donors (Lipinski definition) is 3. The summed E-state index contributed by atoms with van der Waals surface area (Å²) < 4.78 is 36.5. The van der Waals surface area contributed by atoms with E-state index in [-0.39, 0.29) is 17.6 Å². The summed E-state index contributed by atoms with van der Waals surface area (Å²) in [5, 5.41) is 11.1. The zero-order chi connectivity index (χ0) is 19.7. The van der Waals surface area contributed by atoms with Crippen LogP contribution in [0.3, 0.4) is 0 Å². The summed E-state index contributed by atoms with van der Waals surface area (Å²) in [5.74, 6) is -0.624. The number of nitrogens with zero attached hydrogens (tertiary/aromatic N) is 3. The van der Waals surface area contributed by atoms with E-state index >= 15 is 0 Å². The van der Waals surface area contributed by atoms with Crippen LogP contribution in [0.1, 0.15) is 37.0 Å². The number of aromatic nitrogens is 3. The maximum atomic E-state index is 12.2. The van der Waals surface area contributed by atoms with Crippen LogP contribution in [0.25, 0.3) is 11.2 Å². The fourth-order valence-electron chi connectivity index (χ4n) is 2.17. The predicted molar refractivity (Wildman–Crippen MR) is 85.6 cm³/mol. The molecule has 26 heavy (non-hydrogen) atoms. The molecule has 2 amide bonds. The molecular formula is C15H18F3N5O3. The fraction of sp³-hybridized carbons (Fsp3) is 0.467. The van der Waals surface area contributed by atoms with Crippen molar-refractivity contribution in [2.75, 3.05) is 6.54 Å². The number of carboxylic acid groups (broad SMARTS) is 1. The maximum Gasteiger partial charge on any atom is 0.408 e. The van der Waals surface area contributed by atoms with Gasteiger partial charge in [0.25, 0.3) is 5.91 Å². The molecular weight excluding hydrogens is 355 g/mol. The third-order valence-corrected chi connectivity index (χ3v) is 3.45. The van der Waals surface area contributed by atoms with E-state index in [0.717, 1.165) is 6.20 Å². The molecule has 0 radical (unpaired) electrons. The van der Waals surface area contributed by atoms with E-state index in [1.54, 1.807) is 26.1 Å². The monoisotopic (exact) mass is 373 g/mol. The number of pyridine rings is 1. The van der Waals surface area contributed by atoms with Gasteiger partial charge in [0.15, 0.2) is 5.65 Å². The minimum absolute atomic E-state index is 0.0369. The van der Waals surface area contributed by atoms with Gasteiger partial charge in [-0.05, 0) is 26.8 Å². The molecule has 2 rings (SSSR count). The Labute approximate surface area is 146 Å². The molecule has 2 heterocycles. The third kappa shape index (κ3) is 4.83. The fourth-order valence-corrected chi connectivity index (χ4v) is 2.17. The molecule has 0 atom stereocenters. The summed E-state index contributed by atoms with van der Waals surface area (Å²) >= 11 is 0. The first-order chi connectivity index (χ1) is 11.9. The van der Waals surface area contributed by atoms with Crippen molar-refractivity contribution in [1.82, 2.24) is 25.2 Å². The van der Waals surface area contributed by atoms with E-state index < -0.39 is 30.3 Å². The van der Waals surface area contributed by atoms with Crippen molar-refractivity contribution < 1.29 is 27.9 Å². The van der Waals surface area contributed by atoms with Gasteiger partial charge in [-0.2, -0.15) is 13.2 Å². The Morgan fingerprint density at radius 3 is 2.50 bits per heavy atom. The third-order valence-electron chi connectivity index (χ3n) is 3.45. The van der Waals surface area contributed by atoms with Crippen LogP contribution in [0.4, 0.5) is 18.0 Å². The molecule has 2 aromatic heterocycles. The van der Waals surface area contributed by atoms with Gasteiger partial charge in [0, 0.05) is 11.7 Å². The Kier molecular flexibility index (Phi) is 5.10. The number of carbonyl (C=O) groups is 2. The number of H-pyrrole nitrogens is 1. The number of fused-ring (bicyclic) bond motifs is 1. The van der Waals surface area contributed by atoms with Crippen LogP contribution in [-0.4, -0.2) is 55.2 Å². The van der Waals surface area contributed by atoms with Crippen molar-refractivity contribution in [2.24, 2.45) is 0 Å². The van der Waals surface area contributed by atoms with E-state index in [2.05, 4.69) is 15.0 Å². The van der Waals surface area contributed by atoms with Crippen LogP contribution in [0.2, 0.25) is 0 Å². The number of aromatic amines is 1. The molecule has 0 aliphatic carbocycles. The topological polar surface area (TPSA) is 111 Å². The molecule has 0 saturated heterocycles. The lowest BCUT2D eigenvalue weighted by atomic mass is 10.1. The predicted octanol–water partition coefficient (Wildman–Crippen LogP) is 2.53. The second kappa shape index (κ2) is 6.81. The van der Waals surface area contributed by atoms with Crippen LogP contribution in [0.5, 0.6) is 0 Å². The second-order valence-electron chi connectivity index (χ2n) is 6.61. The minimum atomic E-state index is -4.51. The van der Waals surface area contributed by atoms with Gasteiger partial charge in [0.05, 0.1) is 12.1 Å². The zero-order valence-corrected chi connectivity index (χ0v) is 14.3. The zero-order valence-electron chi connectivity index (χ0n) is 14.3. The van der Waals surface area contributed by atoms with Gasteiger partial charge in [0.2, 0.25) is 0 Å². The second-order valence-corrected chi connectivity index (χ2v) is 6.61. The summed E-state index contributed by atoms with van der Waals surface area (Å²) in [4.78, 5) is 35.3. The van der Waals surface area contributed by atoms with Crippen LogP contribution < -0.4 is 5.32 Å². The van der Waals surface area contributed by atoms with Crippen molar-refractivity contribution in [2.45, 2.75) is 39.0 Å². The quantitative estimate of drug-likeness (QED) is 0.763. The maximum absolute atomic E-state index is 12.2. The van der Waals surface area contributed by atoms with E-state index in [4.69, 9.17) is 0 Å². The Balaban J connectivity index is 2.21. The molecule has 0 unspecified atom stereocenters. The number of imidazole rings is 1. The first kappa shape index (κ1) is 19.5. The molecule has 0 aliphatic heterocycles. The highest BCUT2D eigenvalue weighted by Gasteiger charge is 2.29. The molecule has 142 valence electrons. The molecule has 0 spiro atoms. The highest BCUT2D eigenvalue weighted by Crippen LogP contribution is 2.19. The van der Waals surface area contributed by atoms with Gasteiger partial charge >= 0.3 is 12.3 Å². The molecule has 0 fully saturated rings. The SMILES string of the molecule is CC(C)(C)N(Cc1nc2cc(C(=O)NCC(F)(F)F)cnc2[nH]1)C(=O)O. The summed E-state index contributed by atoms with van der Waals surface area (Å²) in [5.41, 5.74) is -0.197. The van der Waals surface area contributed by atoms with E-state index in [1.807, 2.05) is 0 Å². The number of rotatable bonds is 4. The van der Waals surface area contributed by atoms with Gasteiger partial charge in [0.1, 0.15) is 17.9 Å². The molecule has 3 N–H and O–H groups in total. The molecule has 0 aliphatic rings. The summed E-state index contributed by atoms with van der Waals surface area (Å²) in [7, 11) is 0. The lowest BCUT2D eigenvalue weighted by Crippen LogP contribution is -2.44. The van der Waals surface area contributed by atoms with Gasteiger partial charge in [-0.15, -0.1) is 0 Å². The Morgan fingerprint density at radius 2 is 1.96 bits per heavy atom. The standard InChI is InChI=1S/C15H18F3N5O3/c1-14(2,3)23(13(25)26)6-10-21-9-4-8(5-19-11(9)22-10)12(24)20-7-15(16,17)18/h4-5H,6-7H2,1-3H3,(H,20,24)(H,25,26)(H,19,21,22). The summed E-state index contributed by atoms with van der Waals surface area (Å²) in [6, 6.07) is 1.29. The highest BCUT2D eigenvalue weighted by atomic mass is 19.4. The van der Waals surface area contributed by atoms with E-state index in [9.17, 15) is 27.9 Å².